The van der Waals surface area contributed by atoms with Crippen LogP contribution in [-0.4, -0.2) is 22.2 Å². The highest BCUT2D eigenvalue weighted by atomic mass is 32.2. The first-order chi connectivity index (χ1) is 12.1. The maximum absolute atomic E-state index is 12.8. The van der Waals surface area contributed by atoms with Crippen LogP contribution < -0.4 is 4.90 Å². The summed E-state index contributed by atoms with van der Waals surface area (Å²) in [5.74, 6) is -1.09. The highest BCUT2D eigenvalue weighted by Crippen LogP contribution is 2.40. The molecular formula is C20H21NO3S. The first kappa shape index (κ1) is 17.5. The molecule has 1 amide bonds. The molecule has 1 N–H and O–H groups in total. The molecule has 0 aliphatic carbocycles. The summed E-state index contributed by atoms with van der Waals surface area (Å²) in [5, 5.41) is 8.53. The topological polar surface area (TPSA) is 57.6 Å². The zero-order chi connectivity index (χ0) is 17.8. The van der Waals surface area contributed by atoms with Crippen LogP contribution in [0.1, 0.15) is 30.9 Å². The van der Waals surface area contributed by atoms with E-state index in [0.717, 1.165) is 29.0 Å². The van der Waals surface area contributed by atoms with E-state index in [9.17, 15) is 9.59 Å². The number of aliphatic carboxylic acids is 1. The van der Waals surface area contributed by atoms with Crippen LogP contribution in [0, 0.1) is 0 Å². The van der Waals surface area contributed by atoms with Gasteiger partial charge in [-0.25, -0.2) is 0 Å². The third kappa shape index (κ3) is 4.04. The van der Waals surface area contributed by atoms with Gasteiger partial charge in [-0.3, -0.25) is 9.59 Å². The first-order valence-corrected chi connectivity index (χ1v) is 9.33. The zero-order valence-electron chi connectivity index (χ0n) is 14.1. The number of carboxylic acids is 1. The van der Waals surface area contributed by atoms with Crippen LogP contribution in [0.2, 0.25) is 0 Å². The van der Waals surface area contributed by atoms with Gasteiger partial charge in [-0.2, -0.15) is 0 Å². The van der Waals surface area contributed by atoms with Gasteiger partial charge < -0.3 is 10.0 Å². The predicted molar refractivity (Wildman–Crippen MR) is 100.0 cm³/mol. The van der Waals surface area contributed by atoms with Gasteiger partial charge >= 0.3 is 5.97 Å². The fraction of sp³-hybridized carbons (Fsp3) is 0.300. The van der Waals surface area contributed by atoms with E-state index < -0.39 is 11.2 Å². The Bertz CT molecular complexity index is 773. The molecule has 1 atom stereocenters. The summed E-state index contributed by atoms with van der Waals surface area (Å²) in [6.07, 6.45) is 1.98. The SMILES string of the molecule is CCCc1ccc(CN2C(=O)C(CC(=O)O)Sc3ccccc32)cc1. The number of aryl methyl sites for hydroxylation is 1. The second-order valence-corrected chi connectivity index (χ2v) is 7.41. The van der Waals surface area contributed by atoms with Crippen LogP contribution in [0.4, 0.5) is 5.69 Å². The zero-order valence-corrected chi connectivity index (χ0v) is 15.0. The van der Waals surface area contributed by atoms with E-state index in [-0.39, 0.29) is 12.3 Å². The number of hydrogen-bond donors (Lipinski definition) is 1. The second-order valence-electron chi connectivity index (χ2n) is 6.16. The summed E-state index contributed by atoms with van der Waals surface area (Å²) in [6.45, 7) is 2.61. The molecule has 0 fully saturated rings. The number of benzene rings is 2. The summed E-state index contributed by atoms with van der Waals surface area (Å²) in [5.41, 5.74) is 3.19. The predicted octanol–water partition coefficient (Wildman–Crippen LogP) is 4.12. The Hall–Kier alpha value is -2.27. The second kappa shape index (κ2) is 7.74. The first-order valence-electron chi connectivity index (χ1n) is 8.45. The van der Waals surface area contributed by atoms with Gasteiger partial charge in [-0.15, -0.1) is 11.8 Å². The summed E-state index contributed by atoms with van der Waals surface area (Å²) in [7, 11) is 0. The van der Waals surface area contributed by atoms with E-state index in [4.69, 9.17) is 5.11 Å². The van der Waals surface area contributed by atoms with Crippen molar-refractivity contribution in [2.45, 2.75) is 42.9 Å². The molecule has 0 bridgehead atoms. The Kier molecular flexibility index (Phi) is 5.43. The van der Waals surface area contributed by atoms with Gasteiger partial charge in [0.2, 0.25) is 5.91 Å². The van der Waals surface area contributed by atoms with Gasteiger partial charge in [0.1, 0.15) is 0 Å². The van der Waals surface area contributed by atoms with Crippen molar-refractivity contribution in [3.05, 3.63) is 59.7 Å². The minimum atomic E-state index is -0.950. The standard InChI is InChI=1S/C20H21NO3S/c1-2-5-14-8-10-15(11-9-14)13-21-16-6-3-4-7-17(16)25-18(20(21)24)12-19(22)23/h3-4,6-11,18H,2,5,12-13H2,1H3,(H,22,23). The van der Waals surface area contributed by atoms with E-state index in [0.29, 0.717) is 6.54 Å². The number of hydrogen-bond acceptors (Lipinski definition) is 3. The van der Waals surface area contributed by atoms with E-state index in [1.807, 2.05) is 24.3 Å². The molecule has 0 saturated heterocycles. The van der Waals surface area contributed by atoms with Crippen LogP contribution in [0.15, 0.2) is 53.4 Å². The Balaban J connectivity index is 1.87. The monoisotopic (exact) mass is 355 g/mol. The molecule has 2 aromatic rings. The number of carboxylic acid groups (broad SMARTS) is 1. The average molecular weight is 355 g/mol. The Morgan fingerprint density at radius 1 is 1.12 bits per heavy atom. The molecule has 1 unspecified atom stereocenters. The van der Waals surface area contributed by atoms with Gasteiger partial charge in [0.25, 0.3) is 0 Å². The average Bonchev–Trinajstić information content (AvgIpc) is 2.60. The molecule has 1 aliphatic rings. The summed E-state index contributed by atoms with van der Waals surface area (Å²) in [6, 6.07) is 16.0. The van der Waals surface area contributed by atoms with Crippen molar-refractivity contribution in [1.29, 1.82) is 0 Å². The van der Waals surface area contributed by atoms with E-state index in [1.54, 1.807) is 4.90 Å². The highest BCUT2D eigenvalue weighted by Gasteiger charge is 2.34. The number of para-hydroxylation sites is 1. The van der Waals surface area contributed by atoms with Gasteiger partial charge in [-0.05, 0) is 29.7 Å². The van der Waals surface area contributed by atoms with Crippen molar-refractivity contribution in [2.24, 2.45) is 0 Å². The Morgan fingerprint density at radius 3 is 2.48 bits per heavy atom. The van der Waals surface area contributed by atoms with Crippen LogP contribution in [0.5, 0.6) is 0 Å². The van der Waals surface area contributed by atoms with Crippen molar-refractivity contribution in [3.8, 4) is 0 Å². The molecule has 3 rings (SSSR count). The Labute approximate surface area is 151 Å². The van der Waals surface area contributed by atoms with Gasteiger partial charge in [-0.1, -0.05) is 49.7 Å². The summed E-state index contributed by atoms with van der Waals surface area (Å²) in [4.78, 5) is 26.6. The molecule has 0 spiro atoms. The minimum absolute atomic E-state index is 0.135. The number of rotatable bonds is 6. The maximum atomic E-state index is 12.8. The lowest BCUT2D eigenvalue weighted by Crippen LogP contribution is -2.41. The molecule has 0 saturated carbocycles. The van der Waals surface area contributed by atoms with Gasteiger partial charge in [0.05, 0.1) is 23.9 Å². The molecule has 1 heterocycles. The summed E-state index contributed by atoms with van der Waals surface area (Å²) < 4.78 is 0. The molecular weight excluding hydrogens is 334 g/mol. The van der Waals surface area contributed by atoms with Gasteiger partial charge in [0, 0.05) is 4.90 Å². The molecule has 0 aromatic heterocycles. The number of amides is 1. The van der Waals surface area contributed by atoms with Crippen molar-refractivity contribution >= 4 is 29.3 Å². The fourth-order valence-electron chi connectivity index (χ4n) is 3.01. The van der Waals surface area contributed by atoms with E-state index in [2.05, 4.69) is 31.2 Å². The fourth-order valence-corrected chi connectivity index (χ4v) is 4.23. The van der Waals surface area contributed by atoms with Gasteiger partial charge in [0.15, 0.2) is 0 Å². The Morgan fingerprint density at radius 2 is 1.80 bits per heavy atom. The summed E-state index contributed by atoms with van der Waals surface area (Å²) >= 11 is 1.34. The number of carbonyl (C=O) groups excluding carboxylic acids is 1. The number of anilines is 1. The van der Waals surface area contributed by atoms with Crippen molar-refractivity contribution in [3.63, 3.8) is 0 Å². The molecule has 0 radical (unpaired) electrons. The minimum Gasteiger partial charge on any atom is -0.481 e. The van der Waals surface area contributed by atoms with Crippen molar-refractivity contribution in [1.82, 2.24) is 0 Å². The largest absolute Gasteiger partial charge is 0.481 e. The van der Waals surface area contributed by atoms with Crippen LogP contribution in [0.25, 0.3) is 0 Å². The van der Waals surface area contributed by atoms with Crippen molar-refractivity contribution in [2.75, 3.05) is 4.90 Å². The normalized spacial score (nSPS) is 16.6. The van der Waals surface area contributed by atoms with Crippen LogP contribution in [-0.2, 0) is 22.6 Å². The number of nitrogens with zero attached hydrogens (tertiary/aromatic N) is 1. The van der Waals surface area contributed by atoms with Crippen molar-refractivity contribution < 1.29 is 14.7 Å². The molecule has 1 aliphatic heterocycles. The number of carbonyl (C=O) groups is 2. The number of thioether (sulfide) groups is 1. The molecule has 130 valence electrons. The van der Waals surface area contributed by atoms with Crippen LogP contribution in [0.3, 0.4) is 0 Å². The maximum Gasteiger partial charge on any atom is 0.305 e. The molecule has 5 heteroatoms. The van der Waals surface area contributed by atoms with E-state index >= 15 is 0 Å². The third-order valence-electron chi connectivity index (χ3n) is 4.23. The van der Waals surface area contributed by atoms with E-state index in [1.165, 1.54) is 17.3 Å². The van der Waals surface area contributed by atoms with Crippen LogP contribution >= 0.6 is 11.8 Å². The quantitative estimate of drug-likeness (QED) is 0.847. The molecule has 2 aromatic carbocycles. The molecule has 25 heavy (non-hydrogen) atoms. The molecule has 4 nitrogen and oxygen atoms in total. The third-order valence-corrected chi connectivity index (χ3v) is 5.48. The smallest absolute Gasteiger partial charge is 0.305 e. The highest BCUT2D eigenvalue weighted by molar-refractivity contribution is 8.01. The lowest BCUT2D eigenvalue weighted by Gasteiger charge is -2.33. The number of fused-ring (bicyclic) bond motifs is 1. The lowest BCUT2D eigenvalue weighted by molar-refractivity contribution is -0.138. The lowest BCUT2D eigenvalue weighted by atomic mass is 10.1.